The van der Waals surface area contributed by atoms with Crippen LogP contribution in [0.2, 0.25) is 0 Å². The van der Waals surface area contributed by atoms with Gasteiger partial charge >= 0.3 is 0 Å². The monoisotopic (exact) mass is 340 g/mol. The topological polar surface area (TPSA) is 40.6 Å². The van der Waals surface area contributed by atoms with Gasteiger partial charge in [0.1, 0.15) is 0 Å². The summed E-state index contributed by atoms with van der Waals surface area (Å²) in [6, 6.07) is 0.511. The highest BCUT2D eigenvalue weighted by atomic mass is 32.2. The zero-order chi connectivity index (χ0) is 16.3. The van der Waals surface area contributed by atoms with Gasteiger partial charge in [0.25, 0.3) is 0 Å². The van der Waals surface area contributed by atoms with Crippen molar-refractivity contribution in [3.05, 3.63) is 12.2 Å². The minimum Gasteiger partial charge on any atom is -0.303 e. The smallest absolute Gasteiger partial charge is 0.211 e. The lowest BCUT2D eigenvalue weighted by Crippen LogP contribution is -2.49. The molecule has 0 aromatic carbocycles. The van der Waals surface area contributed by atoms with E-state index in [1.54, 1.807) is 0 Å². The van der Waals surface area contributed by atoms with E-state index in [2.05, 4.69) is 17.1 Å². The second-order valence-electron chi connectivity index (χ2n) is 7.71. The Balaban J connectivity index is 1.57. The molecule has 2 atom stereocenters. The van der Waals surface area contributed by atoms with E-state index in [0.717, 1.165) is 51.1 Å². The lowest BCUT2D eigenvalue weighted by molar-refractivity contribution is 0.159. The molecule has 1 saturated heterocycles. The molecule has 132 valence electrons. The van der Waals surface area contributed by atoms with Crippen LogP contribution < -0.4 is 0 Å². The van der Waals surface area contributed by atoms with E-state index in [4.69, 9.17) is 0 Å². The number of hydrogen-bond donors (Lipinski definition) is 0. The first-order valence-corrected chi connectivity index (χ1v) is 11.2. The van der Waals surface area contributed by atoms with Crippen molar-refractivity contribution in [3.63, 3.8) is 0 Å². The van der Waals surface area contributed by atoms with Crippen LogP contribution in [0.1, 0.15) is 57.8 Å². The van der Waals surface area contributed by atoms with Gasteiger partial charge in [-0.3, -0.25) is 0 Å². The molecule has 0 bridgehead atoms. The number of sulfonamides is 1. The van der Waals surface area contributed by atoms with Crippen molar-refractivity contribution in [3.8, 4) is 0 Å². The van der Waals surface area contributed by atoms with E-state index in [9.17, 15) is 8.42 Å². The normalized spacial score (nSPS) is 31.0. The van der Waals surface area contributed by atoms with Crippen LogP contribution in [0.4, 0.5) is 0 Å². The average molecular weight is 341 g/mol. The molecule has 5 heteroatoms. The molecule has 0 amide bonds. The summed E-state index contributed by atoms with van der Waals surface area (Å²) in [6.45, 7) is 3.39. The molecule has 3 rings (SSSR count). The molecule has 3 aliphatic rings. The summed E-state index contributed by atoms with van der Waals surface area (Å²) in [4.78, 5) is 2.59. The van der Waals surface area contributed by atoms with Crippen molar-refractivity contribution in [2.24, 2.45) is 5.92 Å². The SMILES string of the molecule is CS(=O)(=O)N(C1CCC1)[C@@H]1CCCN(C[C@@H]2CC=CCC2)CC1. The van der Waals surface area contributed by atoms with Crippen LogP contribution >= 0.6 is 0 Å². The fourth-order valence-corrected chi connectivity index (χ4v) is 5.95. The highest BCUT2D eigenvalue weighted by molar-refractivity contribution is 7.88. The van der Waals surface area contributed by atoms with Crippen LogP contribution in [0.25, 0.3) is 0 Å². The van der Waals surface area contributed by atoms with Crippen molar-refractivity contribution in [2.75, 3.05) is 25.9 Å². The quantitative estimate of drug-likeness (QED) is 0.722. The summed E-state index contributed by atoms with van der Waals surface area (Å²) in [5, 5.41) is 0. The van der Waals surface area contributed by atoms with Crippen LogP contribution in [0.5, 0.6) is 0 Å². The molecule has 0 unspecified atom stereocenters. The van der Waals surface area contributed by atoms with Crippen LogP contribution in [0.3, 0.4) is 0 Å². The number of likely N-dealkylation sites (tertiary alicyclic amines) is 1. The summed E-state index contributed by atoms with van der Waals surface area (Å²) in [6.07, 6.45) is 16.3. The van der Waals surface area contributed by atoms with Crippen molar-refractivity contribution in [1.29, 1.82) is 0 Å². The molecule has 1 saturated carbocycles. The van der Waals surface area contributed by atoms with E-state index in [0.29, 0.717) is 0 Å². The Kier molecular flexibility index (Phi) is 5.81. The Labute approximate surface area is 142 Å². The third-order valence-corrected chi connectivity index (χ3v) is 7.22. The molecule has 1 aliphatic heterocycles. The molecule has 1 heterocycles. The van der Waals surface area contributed by atoms with Gasteiger partial charge in [0.15, 0.2) is 0 Å². The number of allylic oxidation sites excluding steroid dienone is 2. The molecule has 2 aliphatic carbocycles. The minimum absolute atomic E-state index is 0.228. The number of nitrogens with zero attached hydrogens (tertiary/aromatic N) is 2. The fraction of sp³-hybridized carbons (Fsp3) is 0.889. The third kappa shape index (κ3) is 4.58. The largest absolute Gasteiger partial charge is 0.303 e. The molecule has 4 nitrogen and oxygen atoms in total. The van der Waals surface area contributed by atoms with Crippen molar-refractivity contribution in [2.45, 2.75) is 69.9 Å². The predicted molar refractivity (Wildman–Crippen MR) is 94.9 cm³/mol. The van der Waals surface area contributed by atoms with Gasteiger partial charge < -0.3 is 4.90 Å². The predicted octanol–water partition coefficient (Wildman–Crippen LogP) is 3.01. The Bertz CT molecular complexity index is 513. The fourth-order valence-electron chi connectivity index (χ4n) is 4.44. The Morgan fingerprint density at radius 1 is 1.00 bits per heavy atom. The summed E-state index contributed by atoms with van der Waals surface area (Å²) >= 11 is 0. The first-order valence-electron chi connectivity index (χ1n) is 9.40. The second-order valence-corrected chi connectivity index (χ2v) is 9.60. The van der Waals surface area contributed by atoms with Crippen molar-refractivity contribution >= 4 is 10.0 Å². The lowest BCUT2D eigenvalue weighted by Gasteiger charge is -2.40. The van der Waals surface area contributed by atoms with Crippen LogP contribution in [0, 0.1) is 5.92 Å². The first kappa shape index (κ1) is 17.4. The van der Waals surface area contributed by atoms with Crippen molar-refractivity contribution < 1.29 is 8.42 Å². The van der Waals surface area contributed by atoms with E-state index in [1.165, 1.54) is 38.5 Å². The third-order valence-electron chi connectivity index (χ3n) is 5.86. The van der Waals surface area contributed by atoms with E-state index in [1.807, 2.05) is 4.31 Å². The van der Waals surface area contributed by atoms with E-state index in [-0.39, 0.29) is 12.1 Å². The maximum atomic E-state index is 12.3. The molecule has 0 spiro atoms. The zero-order valence-corrected chi connectivity index (χ0v) is 15.3. The summed E-state index contributed by atoms with van der Waals surface area (Å²) in [5.41, 5.74) is 0. The van der Waals surface area contributed by atoms with Crippen LogP contribution in [-0.4, -0.2) is 55.6 Å². The Hall–Kier alpha value is -0.390. The average Bonchev–Trinajstić information content (AvgIpc) is 2.68. The summed E-state index contributed by atoms with van der Waals surface area (Å²) < 4.78 is 26.4. The van der Waals surface area contributed by atoms with Crippen LogP contribution in [-0.2, 0) is 10.0 Å². The van der Waals surface area contributed by atoms with Gasteiger partial charge in [-0.15, -0.1) is 0 Å². The number of hydrogen-bond acceptors (Lipinski definition) is 3. The minimum atomic E-state index is -3.08. The van der Waals surface area contributed by atoms with E-state index >= 15 is 0 Å². The van der Waals surface area contributed by atoms with Gasteiger partial charge in [-0.25, -0.2) is 8.42 Å². The molecule has 23 heavy (non-hydrogen) atoms. The first-order chi connectivity index (χ1) is 11.0. The maximum Gasteiger partial charge on any atom is 0.211 e. The molecule has 0 radical (unpaired) electrons. The zero-order valence-electron chi connectivity index (χ0n) is 14.5. The molecular weight excluding hydrogens is 308 g/mol. The van der Waals surface area contributed by atoms with Gasteiger partial charge in [-0.1, -0.05) is 18.6 Å². The second kappa shape index (κ2) is 7.66. The molecule has 2 fully saturated rings. The van der Waals surface area contributed by atoms with Crippen molar-refractivity contribution in [1.82, 2.24) is 9.21 Å². The Morgan fingerprint density at radius 3 is 2.35 bits per heavy atom. The Morgan fingerprint density at radius 2 is 1.74 bits per heavy atom. The molecule has 0 N–H and O–H groups in total. The standard InChI is InChI=1S/C18H32N2O2S/c1-23(21,22)20(17-9-5-10-17)18-11-6-13-19(14-12-18)15-16-7-3-2-4-8-16/h2-3,16-18H,4-15H2,1H3/t16-,18-/m1/s1. The van der Waals surface area contributed by atoms with E-state index < -0.39 is 10.0 Å². The summed E-state index contributed by atoms with van der Waals surface area (Å²) in [5.74, 6) is 0.800. The van der Waals surface area contributed by atoms with Gasteiger partial charge in [-0.2, -0.15) is 4.31 Å². The van der Waals surface area contributed by atoms with Gasteiger partial charge in [0.2, 0.25) is 10.0 Å². The molecule has 0 aromatic rings. The van der Waals surface area contributed by atoms with Crippen LogP contribution in [0.15, 0.2) is 12.2 Å². The lowest BCUT2D eigenvalue weighted by atomic mass is 9.91. The molecule has 0 aromatic heterocycles. The summed E-state index contributed by atoms with van der Waals surface area (Å²) in [7, 11) is -3.08. The number of rotatable bonds is 5. The highest BCUT2D eigenvalue weighted by Gasteiger charge is 2.37. The maximum absolute atomic E-state index is 12.3. The molecular formula is C18H32N2O2S. The van der Waals surface area contributed by atoms with Gasteiger partial charge in [0.05, 0.1) is 6.26 Å². The van der Waals surface area contributed by atoms with Gasteiger partial charge in [-0.05, 0) is 70.4 Å². The van der Waals surface area contributed by atoms with Gasteiger partial charge in [0, 0.05) is 18.6 Å². The highest BCUT2D eigenvalue weighted by Crippen LogP contribution is 2.32.